The molecule has 5 nitrogen and oxygen atoms in total. The topological polar surface area (TPSA) is 62.7 Å². The molecule has 0 aliphatic carbocycles. The number of hydrogen-bond acceptors (Lipinski definition) is 2. The quantitative estimate of drug-likeness (QED) is 0.773. The molecule has 3 rings (SSSR count). The average molecular weight is 322 g/mol. The number of fused-ring (bicyclic) bond motifs is 1. The van der Waals surface area contributed by atoms with E-state index in [0.29, 0.717) is 5.69 Å². The normalized spacial score (nSPS) is 11.8. The van der Waals surface area contributed by atoms with E-state index < -0.39 is 23.3 Å². The SMILES string of the molecule is CCn1ncc(C(=O)Nc2ccc3[nH]ccc3c2)c1C(F)(F)F. The Labute approximate surface area is 129 Å². The fourth-order valence-electron chi connectivity index (χ4n) is 2.42. The second-order valence-corrected chi connectivity index (χ2v) is 4.95. The molecule has 2 N–H and O–H groups in total. The first-order valence-corrected chi connectivity index (χ1v) is 6.91. The first-order chi connectivity index (χ1) is 10.9. The third-order valence-corrected chi connectivity index (χ3v) is 3.46. The average Bonchev–Trinajstić information content (AvgIpc) is 3.12. The van der Waals surface area contributed by atoms with Gasteiger partial charge in [0.25, 0.3) is 5.91 Å². The van der Waals surface area contributed by atoms with Crippen molar-refractivity contribution in [2.24, 2.45) is 0 Å². The van der Waals surface area contributed by atoms with Crippen LogP contribution in [0.5, 0.6) is 0 Å². The molecular formula is C15H13F3N4O. The fourth-order valence-corrected chi connectivity index (χ4v) is 2.42. The van der Waals surface area contributed by atoms with Crippen LogP contribution in [0.25, 0.3) is 10.9 Å². The van der Waals surface area contributed by atoms with Gasteiger partial charge in [-0.05, 0) is 31.2 Å². The Balaban J connectivity index is 1.93. The number of carbonyl (C=O) groups excluding carboxylic acids is 1. The lowest BCUT2D eigenvalue weighted by molar-refractivity contribution is -0.144. The number of H-pyrrole nitrogens is 1. The molecule has 0 saturated carbocycles. The van der Waals surface area contributed by atoms with Crippen LogP contribution in [0.1, 0.15) is 23.0 Å². The molecule has 2 aromatic heterocycles. The van der Waals surface area contributed by atoms with E-state index in [-0.39, 0.29) is 6.54 Å². The van der Waals surface area contributed by atoms with Gasteiger partial charge in [0.2, 0.25) is 0 Å². The van der Waals surface area contributed by atoms with Crippen LogP contribution in [0.2, 0.25) is 0 Å². The maximum absolute atomic E-state index is 13.1. The van der Waals surface area contributed by atoms with Gasteiger partial charge in [0.1, 0.15) is 0 Å². The van der Waals surface area contributed by atoms with E-state index in [2.05, 4.69) is 15.4 Å². The van der Waals surface area contributed by atoms with E-state index in [9.17, 15) is 18.0 Å². The summed E-state index contributed by atoms with van der Waals surface area (Å²) in [4.78, 5) is 15.2. The van der Waals surface area contributed by atoms with Gasteiger partial charge in [-0.1, -0.05) is 0 Å². The highest BCUT2D eigenvalue weighted by Gasteiger charge is 2.39. The van der Waals surface area contributed by atoms with Gasteiger partial charge in [0.05, 0.1) is 11.8 Å². The summed E-state index contributed by atoms with van der Waals surface area (Å²) >= 11 is 0. The monoisotopic (exact) mass is 322 g/mol. The first-order valence-electron chi connectivity index (χ1n) is 6.91. The van der Waals surface area contributed by atoms with Crippen molar-refractivity contribution < 1.29 is 18.0 Å². The Morgan fingerprint density at radius 2 is 2.13 bits per heavy atom. The van der Waals surface area contributed by atoms with Crippen LogP contribution in [0.3, 0.4) is 0 Å². The van der Waals surface area contributed by atoms with Crippen LogP contribution in [-0.4, -0.2) is 20.7 Å². The first kappa shape index (κ1) is 15.1. The van der Waals surface area contributed by atoms with Gasteiger partial charge in [0, 0.05) is 29.3 Å². The number of benzene rings is 1. The summed E-state index contributed by atoms with van der Waals surface area (Å²) in [5.74, 6) is -0.841. The molecule has 0 atom stereocenters. The van der Waals surface area contributed by atoms with E-state index in [0.717, 1.165) is 21.8 Å². The highest BCUT2D eigenvalue weighted by Crippen LogP contribution is 2.32. The number of hydrogen-bond donors (Lipinski definition) is 2. The fraction of sp³-hybridized carbons (Fsp3) is 0.200. The Bertz CT molecular complexity index is 863. The van der Waals surface area contributed by atoms with Crippen molar-refractivity contribution in [3.63, 3.8) is 0 Å². The number of rotatable bonds is 3. The third-order valence-electron chi connectivity index (χ3n) is 3.46. The molecule has 8 heteroatoms. The van der Waals surface area contributed by atoms with Gasteiger partial charge in [-0.15, -0.1) is 0 Å². The highest BCUT2D eigenvalue weighted by molar-refractivity contribution is 6.05. The van der Waals surface area contributed by atoms with Gasteiger partial charge in [-0.25, -0.2) is 0 Å². The zero-order valence-electron chi connectivity index (χ0n) is 12.1. The molecule has 0 fully saturated rings. The molecule has 1 amide bonds. The van der Waals surface area contributed by atoms with Crippen LogP contribution in [0.4, 0.5) is 18.9 Å². The van der Waals surface area contributed by atoms with Gasteiger partial charge < -0.3 is 10.3 Å². The van der Waals surface area contributed by atoms with Crippen molar-refractivity contribution in [2.45, 2.75) is 19.6 Å². The summed E-state index contributed by atoms with van der Waals surface area (Å²) < 4.78 is 40.2. The molecule has 0 bridgehead atoms. The number of amides is 1. The Kier molecular flexibility index (Phi) is 3.59. The zero-order chi connectivity index (χ0) is 16.6. The lowest BCUT2D eigenvalue weighted by atomic mass is 10.2. The zero-order valence-corrected chi connectivity index (χ0v) is 12.1. The van der Waals surface area contributed by atoms with E-state index in [1.54, 1.807) is 30.5 Å². The molecule has 2 heterocycles. The number of aromatic nitrogens is 3. The van der Waals surface area contributed by atoms with Crippen molar-refractivity contribution in [1.29, 1.82) is 0 Å². The molecule has 0 aliphatic heterocycles. The molecule has 120 valence electrons. The third kappa shape index (κ3) is 2.79. The maximum Gasteiger partial charge on any atom is 0.433 e. The number of nitrogens with zero attached hydrogens (tertiary/aromatic N) is 2. The van der Waals surface area contributed by atoms with Crippen LogP contribution >= 0.6 is 0 Å². The number of alkyl halides is 3. The van der Waals surface area contributed by atoms with E-state index in [4.69, 9.17) is 0 Å². The standard InChI is InChI=1S/C15H13F3N4O/c1-2-22-13(15(16,17)18)11(8-20-22)14(23)21-10-3-4-12-9(7-10)5-6-19-12/h3-8,19H,2H2,1H3,(H,21,23). The minimum atomic E-state index is -4.65. The number of nitrogens with one attached hydrogen (secondary N) is 2. The predicted octanol–water partition coefficient (Wildman–Crippen LogP) is 3.66. The molecule has 0 unspecified atom stereocenters. The minimum Gasteiger partial charge on any atom is -0.361 e. The smallest absolute Gasteiger partial charge is 0.361 e. The summed E-state index contributed by atoms with van der Waals surface area (Å²) in [6.45, 7) is 1.56. The number of aromatic amines is 1. The summed E-state index contributed by atoms with van der Waals surface area (Å²) in [7, 11) is 0. The highest BCUT2D eigenvalue weighted by atomic mass is 19.4. The number of aryl methyl sites for hydroxylation is 1. The van der Waals surface area contributed by atoms with Crippen LogP contribution in [0.15, 0.2) is 36.7 Å². The lowest BCUT2D eigenvalue weighted by Crippen LogP contribution is -2.21. The van der Waals surface area contributed by atoms with Crippen LogP contribution in [-0.2, 0) is 12.7 Å². The Hall–Kier alpha value is -2.77. The van der Waals surface area contributed by atoms with Crippen molar-refractivity contribution in [2.75, 3.05) is 5.32 Å². The second kappa shape index (κ2) is 5.45. The minimum absolute atomic E-state index is 0.0252. The molecule has 0 saturated heterocycles. The van der Waals surface area contributed by atoms with Crippen LogP contribution in [0, 0.1) is 0 Å². The van der Waals surface area contributed by atoms with E-state index >= 15 is 0 Å². The van der Waals surface area contributed by atoms with Crippen molar-refractivity contribution >= 4 is 22.5 Å². The molecule has 0 spiro atoms. The number of halogens is 3. The summed E-state index contributed by atoms with van der Waals surface area (Å²) in [5.41, 5.74) is -0.244. The van der Waals surface area contributed by atoms with E-state index in [1.807, 2.05) is 0 Å². The van der Waals surface area contributed by atoms with Crippen molar-refractivity contribution in [1.82, 2.24) is 14.8 Å². The van der Waals surface area contributed by atoms with Gasteiger partial charge >= 0.3 is 6.18 Å². The Morgan fingerprint density at radius 1 is 1.35 bits per heavy atom. The molecule has 23 heavy (non-hydrogen) atoms. The van der Waals surface area contributed by atoms with E-state index in [1.165, 1.54) is 6.92 Å². The molecular weight excluding hydrogens is 309 g/mol. The van der Waals surface area contributed by atoms with Crippen molar-refractivity contribution in [3.05, 3.63) is 47.9 Å². The lowest BCUT2D eigenvalue weighted by Gasteiger charge is -2.11. The van der Waals surface area contributed by atoms with Crippen molar-refractivity contribution in [3.8, 4) is 0 Å². The van der Waals surface area contributed by atoms with Gasteiger partial charge in [-0.2, -0.15) is 18.3 Å². The summed E-state index contributed by atoms with van der Waals surface area (Å²) in [6.07, 6.45) is -1.97. The maximum atomic E-state index is 13.1. The Morgan fingerprint density at radius 3 is 2.83 bits per heavy atom. The molecule has 1 aromatic carbocycles. The van der Waals surface area contributed by atoms with Gasteiger partial charge in [0.15, 0.2) is 5.69 Å². The number of carbonyl (C=O) groups is 1. The van der Waals surface area contributed by atoms with Crippen LogP contribution < -0.4 is 5.32 Å². The molecule has 3 aromatic rings. The summed E-state index contributed by atoms with van der Waals surface area (Å²) in [5, 5.41) is 6.97. The second-order valence-electron chi connectivity index (χ2n) is 4.95. The largest absolute Gasteiger partial charge is 0.433 e. The summed E-state index contributed by atoms with van der Waals surface area (Å²) in [6, 6.07) is 6.85. The van der Waals surface area contributed by atoms with Gasteiger partial charge in [-0.3, -0.25) is 9.48 Å². The molecule has 0 aliphatic rings. The predicted molar refractivity (Wildman–Crippen MR) is 79.2 cm³/mol. The number of anilines is 1. The molecule has 0 radical (unpaired) electrons.